The van der Waals surface area contributed by atoms with Crippen molar-refractivity contribution in [3.63, 3.8) is 0 Å². The zero-order valence-electron chi connectivity index (χ0n) is 7.30. The van der Waals surface area contributed by atoms with Crippen molar-refractivity contribution in [1.29, 1.82) is 0 Å². The highest BCUT2D eigenvalue weighted by Gasteiger charge is 2.26. The van der Waals surface area contributed by atoms with E-state index >= 15 is 0 Å². The average Bonchev–Trinajstić information content (AvgIpc) is 2.82. The molecule has 1 saturated heterocycles. The normalized spacial score (nSPS) is 20.2. The van der Waals surface area contributed by atoms with Crippen LogP contribution < -0.4 is 0 Å². The molecule has 7 heteroatoms. The van der Waals surface area contributed by atoms with Crippen LogP contribution in [0, 0.1) is 0 Å². The fourth-order valence-corrected chi connectivity index (χ4v) is 1.03. The molecule has 1 unspecified atom stereocenters. The summed E-state index contributed by atoms with van der Waals surface area (Å²) < 4.78 is 37.8. The predicted octanol–water partition coefficient (Wildman–Crippen LogP) is -0.280. The Labute approximate surface area is 81.3 Å². The molecule has 0 amide bonds. The summed E-state index contributed by atoms with van der Waals surface area (Å²) in [5.74, 6) is -1.88. The van der Waals surface area contributed by atoms with E-state index in [1.165, 1.54) is 0 Å². The maximum atomic E-state index is 11.0. The molecule has 6 nitrogen and oxygen atoms in total. The van der Waals surface area contributed by atoms with Gasteiger partial charge in [-0.2, -0.15) is 8.42 Å². The minimum absolute atomic E-state index is 0.0132. The van der Waals surface area contributed by atoms with Crippen LogP contribution in [0.2, 0.25) is 0 Å². The van der Waals surface area contributed by atoms with Gasteiger partial charge in [-0.1, -0.05) is 6.58 Å². The Hall–Kier alpha value is -0.920. The summed E-state index contributed by atoms with van der Waals surface area (Å²) in [5, 5.41) is 0. The van der Waals surface area contributed by atoms with Crippen LogP contribution in [-0.2, 0) is 24.4 Å². The van der Waals surface area contributed by atoms with Gasteiger partial charge >= 0.3 is 16.1 Å². The second kappa shape index (κ2) is 4.07. The third-order valence-corrected chi connectivity index (χ3v) is 1.92. The van der Waals surface area contributed by atoms with E-state index in [9.17, 15) is 13.2 Å². The Morgan fingerprint density at radius 1 is 1.64 bits per heavy atom. The quantitative estimate of drug-likeness (QED) is 0.297. The van der Waals surface area contributed by atoms with Gasteiger partial charge in [-0.15, -0.1) is 0 Å². The summed E-state index contributed by atoms with van der Waals surface area (Å²) in [7, 11) is -4.28. The number of esters is 1. The van der Waals surface area contributed by atoms with Gasteiger partial charge in [0.05, 0.1) is 12.7 Å². The Kier molecular flexibility index (Phi) is 3.25. The molecule has 0 radical (unpaired) electrons. The van der Waals surface area contributed by atoms with Crippen LogP contribution in [0.1, 0.15) is 6.42 Å². The van der Waals surface area contributed by atoms with Crippen molar-refractivity contribution < 1.29 is 27.2 Å². The second-order valence-electron chi connectivity index (χ2n) is 2.89. The first-order valence-electron chi connectivity index (χ1n) is 3.80. The van der Waals surface area contributed by atoms with Crippen LogP contribution in [0.4, 0.5) is 0 Å². The summed E-state index contributed by atoms with van der Waals surface area (Å²) >= 11 is 0. The van der Waals surface area contributed by atoms with Gasteiger partial charge in [0.25, 0.3) is 0 Å². The number of hydrogen-bond donors (Lipinski definition) is 1. The van der Waals surface area contributed by atoms with Crippen LogP contribution in [0.5, 0.6) is 0 Å². The van der Waals surface area contributed by atoms with Crippen molar-refractivity contribution in [1.82, 2.24) is 0 Å². The van der Waals surface area contributed by atoms with Gasteiger partial charge in [-0.25, -0.2) is 4.79 Å². The van der Waals surface area contributed by atoms with Crippen molar-refractivity contribution in [2.24, 2.45) is 0 Å². The molecule has 80 valence electrons. The maximum Gasteiger partial charge on any atom is 0.334 e. The highest BCUT2D eigenvalue weighted by Crippen LogP contribution is 2.18. The minimum Gasteiger partial charge on any atom is -0.443 e. The molecule has 1 rings (SSSR count). The Morgan fingerprint density at radius 3 is 2.64 bits per heavy atom. The molecule has 0 aromatic rings. The first-order chi connectivity index (χ1) is 6.38. The lowest BCUT2D eigenvalue weighted by atomic mass is 10.2. The lowest BCUT2D eigenvalue weighted by Crippen LogP contribution is -2.15. The SMILES string of the molecule is C=C(CC1CO1)C(=O)OCS(=O)(=O)O. The monoisotopic (exact) mass is 222 g/mol. The lowest BCUT2D eigenvalue weighted by Gasteiger charge is -2.03. The molecule has 0 bridgehead atoms. The molecule has 1 aliphatic rings. The van der Waals surface area contributed by atoms with Crippen molar-refractivity contribution in [3.05, 3.63) is 12.2 Å². The molecule has 1 heterocycles. The molecule has 14 heavy (non-hydrogen) atoms. The fourth-order valence-electron chi connectivity index (χ4n) is 0.774. The number of rotatable bonds is 5. The van der Waals surface area contributed by atoms with Gasteiger partial charge in [0.15, 0.2) is 0 Å². The largest absolute Gasteiger partial charge is 0.443 e. The lowest BCUT2D eigenvalue weighted by molar-refractivity contribution is -0.137. The number of epoxide rings is 1. The third kappa shape index (κ3) is 4.35. The molecule has 0 aromatic heterocycles. The number of ether oxygens (including phenoxy) is 2. The molecule has 1 fully saturated rings. The van der Waals surface area contributed by atoms with Crippen molar-refractivity contribution in [2.45, 2.75) is 12.5 Å². The van der Waals surface area contributed by atoms with E-state index in [1.54, 1.807) is 0 Å². The first kappa shape index (κ1) is 11.2. The molecule has 1 N–H and O–H groups in total. The number of carbonyl (C=O) groups excluding carboxylic acids is 1. The summed E-state index contributed by atoms with van der Waals surface area (Å²) in [6.07, 6.45) is 0.311. The van der Waals surface area contributed by atoms with Gasteiger partial charge in [-0.3, -0.25) is 4.55 Å². The van der Waals surface area contributed by atoms with E-state index in [1.807, 2.05) is 0 Å². The number of carbonyl (C=O) groups is 1. The average molecular weight is 222 g/mol. The van der Waals surface area contributed by atoms with Gasteiger partial charge in [-0.05, 0) is 0 Å². The van der Waals surface area contributed by atoms with Gasteiger partial charge < -0.3 is 9.47 Å². The number of hydrogen-bond acceptors (Lipinski definition) is 5. The smallest absolute Gasteiger partial charge is 0.334 e. The zero-order valence-corrected chi connectivity index (χ0v) is 8.12. The molecular weight excluding hydrogens is 212 g/mol. The van der Waals surface area contributed by atoms with Crippen LogP contribution in [-0.4, -0.2) is 37.6 Å². The van der Waals surface area contributed by atoms with Crippen LogP contribution >= 0.6 is 0 Å². The summed E-state index contributed by atoms with van der Waals surface area (Å²) in [5.41, 5.74) is 0.135. The fraction of sp³-hybridized carbons (Fsp3) is 0.571. The van der Waals surface area contributed by atoms with E-state index in [0.29, 0.717) is 13.0 Å². The van der Waals surface area contributed by atoms with Gasteiger partial charge in [0.2, 0.25) is 5.94 Å². The van der Waals surface area contributed by atoms with Crippen LogP contribution in [0.15, 0.2) is 12.2 Å². The molecule has 0 saturated carbocycles. The van der Waals surface area contributed by atoms with E-state index < -0.39 is 22.0 Å². The standard InChI is InChI=1S/C7H10O6S/c1-5(2-6-3-12-6)7(8)13-4-14(9,10)11/h6H,1-4H2,(H,9,10,11). The summed E-state index contributed by atoms with van der Waals surface area (Å²) in [6.45, 7) is 3.98. The van der Waals surface area contributed by atoms with Crippen LogP contribution in [0.25, 0.3) is 0 Å². The highest BCUT2D eigenvalue weighted by molar-refractivity contribution is 7.85. The maximum absolute atomic E-state index is 11.0. The van der Waals surface area contributed by atoms with Gasteiger partial charge in [0, 0.05) is 12.0 Å². The predicted molar refractivity (Wildman–Crippen MR) is 46.0 cm³/mol. The Balaban J connectivity index is 2.29. The Bertz CT molecular complexity index is 339. The van der Waals surface area contributed by atoms with E-state index in [4.69, 9.17) is 9.29 Å². The van der Waals surface area contributed by atoms with E-state index in [0.717, 1.165) is 0 Å². The Morgan fingerprint density at radius 2 is 2.21 bits per heavy atom. The van der Waals surface area contributed by atoms with Crippen LogP contribution in [0.3, 0.4) is 0 Å². The topological polar surface area (TPSA) is 93.2 Å². The zero-order chi connectivity index (χ0) is 10.8. The third-order valence-electron chi connectivity index (χ3n) is 1.50. The molecule has 0 aliphatic carbocycles. The molecular formula is C7H10O6S. The van der Waals surface area contributed by atoms with Gasteiger partial charge in [0.1, 0.15) is 0 Å². The van der Waals surface area contributed by atoms with Crippen molar-refractivity contribution in [2.75, 3.05) is 12.5 Å². The highest BCUT2D eigenvalue weighted by atomic mass is 32.2. The van der Waals surface area contributed by atoms with Crippen molar-refractivity contribution in [3.8, 4) is 0 Å². The minimum atomic E-state index is -4.28. The second-order valence-corrected chi connectivity index (χ2v) is 4.29. The molecule has 0 aromatic carbocycles. The molecule has 1 atom stereocenters. The van der Waals surface area contributed by atoms with E-state index in [-0.39, 0.29) is 11.7 Å². The summed E-state index contributed by atoms with van der Waals surface area (Å²) in [4.78, 5) is 11.0. The molecule has 1 aliphatic heterocycles. The molecule has 0 spiro atoms. The summed E-state index contributed by atoms with van der Waals surface area (Å²) in [6, 6.07) is 0. The van der Waals surface area contributed by atoms with Crippen molar-refractivity contribution >= 4 is 16.1 Å². The first-order valence-corrected chi connectivity index (χ1v) is 5.41. The van der Waals surface area contributed by atoms with E-state index in [2.05, 4.69) is 11.3 Å².